The van der Waals surface area contributed by atoms with Crippen molar-refractivity contribution in [3.63, 3.8) is 0 Å². The van der Waals surface area contributed by atoms with Gasteiger partial charge < -0.3 is 10.2 Å². The van der Waals surface area contributed by atoms with Crippen LogP contribution in [-0.2, 0) is 9.59 Å². The Balaban J connectivity index is 1.63. The van der Waals surface area contributed by atoms with Gasteiger partial charge in [0.2, 0.25) is 5.91 Å². The highest BCUT2D eigenvalue weighted by Crippen LogP contribution is 2.17. The number of rotatable bonds is 5. The maximum Gasteiger partial charge on any atom is 0.267 e. The molecule has 0 spiro atoms. The molecule has 1 atom stereocenters. The minimum Gasteiger partial charge on any atom is -0.336 e. The Labute approximate surface area is 163 Å². The lowest BCUT2D eigenvalue weighted by atomic mass is 10.0. The summed E-state index contributed by atoms with van der Waals surface area (Å²) in [4.78, 5) is 29.8. The molecule has 2 heterocycles. The van der Waals surface area contributed by atoms with E-state index in [4.69, 9.17) is 5.21 Å². The summed E-state index contributed by atoms with van der Waals surface area (Å²) in [5.74, 6) is -0.700. The monoisotopic (exact) mass is 378 g/mol. The summed E-state index contributed by atoms with van der Waals surface area (Å²) in [5, 5.41) is 11.9. The number of amides is 2. The van der Waals surface area contributed by atoms with E-state index in [0.717, 1.165) is 12.1 Å². The van der Waals surface area contributed by atoms with Gasteiger partial charge in [-0.05, 0) is 29.8 Å². The average molecular weight is 378 g/mol. The number of pyridine rings is 1. The number of carbonyl (C=O) groups excluding carboxylic acids is 2. The van der Waals surface area contributed by atoms with E-state index >= 15 is 0 Å². The third-order valence-corrected chi connectivity index (χ3v) is 4.39. The third-order valence-electron chi connectivity index (χ3n) is 4.39. The van der Waals surface area contributed by atoms with Crippen LogP contribution in [0.4, 0.5) is 0 Å². The molecule has 144 valence electrons. The molecule has 3 N–H and O–H groups in total. The molecule has 1 aromatic heterocycles. The summed E-state index contributed by atoms with van der Waals surface area (Å²) in [6.45, 7) is 2.00. The quantitative estimate of drug-likeness (QED) is 0.419. The van der Waals surface area contributed by atoms with Crippen LogP contribution in [0.3, 0.4) is 0 Å². The number of hydrogen-bond donors (Lipinski definition) is 3. The van der Waals surface area contributed by atoms with Gasteiger partial charge in [-0.25, -0.2) is 10.5 Å². The van der Waals surface area contributed by atoms with Crippen LogP contribution in [0.2, 0.25) is 0 Å². The minimum atomic E-state index is -0.635. The third kappa shape index (κ3) is 5.35. The normalized spacial score (nSPS) is 17.2. The Morgan fingerprint density at radius 1 is 1.07 bits per heavy atom. The summed E-state index contributed by atoms with van der Waals surface area (Å²) >= 11 is 0. The first-order valence-electron chi connectivity index (χ1n) is 9.00. The van der Waals surface area contributed by atoms with Crippen molar-refractivity contribution in [2.75, 3.05) is 19.6 Å². The predicted molar refractivity (Wildman–Crippen MR) is 106 cm³/mol. The number of aromatic nitrogens is 1. The molecule has 2 amide bonds. The SMILES string of the molecule is O=C(/C=C/c1cccc(/C=C/C(=O)N2CCNC(c3ccccc3)C2)n1)NO. The van der Waals surface area contributed by atoms with Crippen LogP contribution >= 0.6 is 0 Å². The van der Waals surface area contributed by atoms with Crippen molar-refractivity contribution in [1.29, 1.82) is 0 Å². The van der Waals surface area contributed by atoms with Crippen LogP contribution in [0.25, 0.3) is 12.2 Å². The molecule has 1 fully saturated rings. The number of carbonyl (C=O) groups is 2. The van der Waals surface area contributed by atoms with E-state index in [0.29, 0.717) is 24.5 Å². The largest absolute Gasteiger partial charge is 0.336 e. The van der Waals surface area contributed by atoms with E-state index < -0.39 is 5.91 Å². The van der Waals surface area contributed by atoms with Gasteiger partial charge in [0.05, 0.1) is 11.4 Å². The van der Waals surface area contributed by atoms with Crippen LogP contribution in [0, 0.1) is 0 Å². The Hall–Kier alpha value is -3.29. The molecule has 7 nitrogen and oxygen atoms in total. The van der Waals surface area contributed by atoms with Gasteiger partial charge in [-0.2, -0.15) is 0 Å². The lowest BCUT2D eigenvalue weighted by Gasteiger charge is -2.33. The second-order valence-corrected chi connectivity index (χ2v) is 6.33. The molecule has 0 radical (unpaired) electrons. The Morgan fingerprint density at radius 3 is 2.50 bits per heavy atom. The number of nitrogens with one attached hydrogen (secondary N) is 2. The van der Waals surface area contributed by atoms with Crippen molar-refractivity contribution in [3.8, 4) is 0 Å². The van der Waals surface area contributed by atoms with E-state index in [1.54, 1.807) is 24.3 Å². The number of benzene rings is 1. The molecule has 7 heteroatoms. The van der Waals surface area contributed by atoms with Crippen LogP contribution < -0.4 is 10.8 Å². The van der Waals surface area contributed by atoms with Gasteiger partial charge in [0.25, 0.3) is 5.91 Å². The standard InChI is InChI=1S/C21H22N4O3/c26-20(24-28)11-9-17-7-4-8-18(23-17)10-12-21(27)25-14-13-22-19(15-25)16-5-2-1-3-6-16/h1-12,19,22,28H,13-15H2,(H,24,26)/b11-9+,12-10+. The number of hydroxylamine groups is 1. The van der Waals surface area contributed by atoms with E-state index in [9.17, 15) is 9.59 Å². The lowest BCUT2D eigenvalue weighted by Crippen LogP contribution is -2.47. The lowest BCUT2D eigenvalue weighted by molar-refractivity contribution is -0.127. The second-order valence-electron chi connectivity index (χ2n) is 6.33. The van der Waals surface area contributed by atoms with Crippen molar-refractivity contribution in [2.45, 2.75) is 6.04 Å². The average Bonchev–Trinajstić information content (AvgIpc) is 2.76. The summed E-state index contributed by atoms with van der Waals surface area (Å²) in [6.07, 6.45) is 5.83. The van der Waals surface area contributed by atoms with Gasteiger partial charge in [-0.3, -0.25) is 14.8 Å². The maximum atomic E-state index is 12.6. The fourth-order valence-corrected chi connectivity index (χ4v) is 2.97. The molecule has 1 aliphatic heterocycles. The number of piperazine rings is 1. The molecule has 28 heavy (non-hydrogen) atoms. The fourth-order valence-electron chi connectivity index (χ4n) is 2.97. The number of hydrogen-bond acceptors (Lipinski definition) is 5. The first kappa shape index (κ1) is 19.5. The van der Waals surface area contributed by atoms with Crippen LogP contribution in [0.15, 0.2) is 60.7 Å². The summed E-state index contributed by atoms with van der Waals surface area (Å²) in [7, 11) is 0. The first-order valence-corrected chi connectivity index (χ1v) is 9.00. The topological polar surface area (TPSA) is 94.6 Å². The van der Waals surface area contributed by atoms with E-state index in [-0.39, 0.29) is 11.9 Å². The zero-order chi connectivity index (χ0) is 19.8. The molecule has 0 saturated carbocycles. The molecule has 2 aromatic rings. The van der Waals surface area contributed by atoms with Gasteiger partial charge in [-0.1, -0.05) is 36.4 Å². The van der Waals surface area contributed by atoms with Gasteiger partial charge in [0, 0.05) is 37.8 Å². The molecule has 1 saturated heterocycles. The molecular formula is C21H22N4O3. The molecule has 3 rings (SSSR count). The molecule has 1 aliphatic rings. The fraction of sp³-hybridized carbons (Fsp3) is 0.190. The molecule has 0 aliphatic carbocycles. The molecular weight excluding hydrogens is 356 g/mol. The summed E-state index contributed by atoms with van der Waals surface area (Å²) < 4.78 is 0. The number of nitrogens with zero attached hydrogens (tertiary/aromatic N) is 2. The first-order chi connectivity index (χ1) is 13.7. The zero-order valence-corrected chi connectivity index (χ0v) is 15.3. The molecule has 1 aromatic carbocycles. The Morgan fingerprint density at radius 2 is 1.79 bits per heavy atom. The highest BCUT2D eigenvalue weighted by Gasteiger charge is 2.22. The zero-order valence-electron chi connectivity index (χ0n) is 15.3. The van der Waals surface area contributed by atoms with Crippen molar-refractivity contribution in [3.05, 3.63) is 77.6 Å². The van der Waals surface area contributed by atoms with Gasteiger partial charge in [0.15, 0.2) is 0 Å². The minimum absolute atomic E-state index is 0.0650. The van der Waals surface area contributed by atoms with Crippen LogP contribution in [-0.4, -0.2) is 46.5 Å². The maximum absolute atomic E-state index is 12.6. The smallest absolute Gasteiger partial charge is 0.267 e. The Kier molecular flexibility index (Phi) is 6.67. The van der Waals surface area contributed by atoms with Gasteiger partial charge >= 0.3 is 0 Å². The summed E-state index contributed by atoms with van der Waals surface area (Å²) in [5.41, 5.74) is 3.83. The molecule has 1 unspecified atom stereocenters. The van der Waals surface area contributed by atoms with E-state index in [1.165, 1.54) is 23.7 Å². The summed E-state index contributed by atoms with van der Waals surface area (Å²) in [6, 6.07) is 15.5. The van der Waals surface area contributed by atoms with Crippen molar-refractivity contribution >= 4 is 24.0 Å². The van der Waals surface area contributed by atoms with Crippen LogP contribution in [0.1, 0.15) is 23.0 Å². The second kappa shape index (κ2) is 9.59. The van der Waals surface area contributed by atoms with E-state index in [1.807, 2.05) is 23.1 Å². The van der Waals surface area contributed by atoms with Crippen molar-refractivity contribution < 1.29 is 14.8 Å². The van der Waals surface area contributed by atoms with Gasteiger partial charge in [-0.15, -0.1) is 0 Å². The van der Waals surface area contributed by atoms with Gasteiger partial charge in [0.1, 0.15) is 0 Å². The van der Waals surface area contributed by atoms with Crippen molar-refractivity contribution in [2.24, 2.45) is 0 Å². The molecule has 0 bridgehead atoms. The van der Waals surface area contributed by atoms with Crippen LogP contribution in [0.5, 0.6) is 0 Å². The van der Waals surface area contributed by atoms with E-state index in [2.05, 4.69) is 22.4 Å². The Bertz CT molecular complexity index is 880. The highest BCUT2D eigenvalue weighted by molar-refractivity contribution is 5.92. The van der Waals surface area contributed by atoms with Crippen molar-refractivity contribution in [1.82, 2.24) is 20.7 Å². The predicted octanol–water partition coefficient (Wildman–Crippen LogP) is 1.79. The highest BCUT2D eigenvalue weighted by atomic mass is 16.5.